The molecule has 1 aliphatic heterocycles. The highest BCUT2D eigenvalue weighted by atomic mass is 16.5. The van der Waals surface area contributed by atoms with Crippen LogP contribution >= 0.6 is 0 Å². The minimum atomic E-state index is -0.835. The van der Waals surface area contributed by atoms with Crippen molar-refractivity contribution >= 4 is 5.91 Å². The highest BCUT2D eigenvalue weighted by Crippen LogP contribution is 2.42. The van der Waals surface area contributed by atoms with Gasteiger partial charge in [-0.2, -0.15) is 5.26 Å². The average molecular weight is 355 g/mol. The fraction of sp³-hybridized carbons (Fsp3) is 0.650. The van der Waals surface area contributed by atoms with Gasteiger partial charge in [0.15, 0.2) is 0 Å². The summed E-state index contributed by atoms with van der Waals surface area (Å²) in [5.41, 5.74) is 0.226. The Bertz CT molecular complexity index is 681. The summed E-state index contributed by atoms with van der Waals surface area (Å²) < 4.78 is 12.2. The molecule has 1 aromatic heterocycles. The number of ether oxygens (including phenoxy) is 2. The lowest BCUT2D eigenvalue weighted by molar-refractivity contribution is -0.143. The Balaban J connectivity index is 1.51. The molecule has 0 spiro atoms. The van der Waals surface area contributed by atoms with Crippen molar-refractivity contribution in [2.45, 2.75) is 63.4 Å². The largest absolute Gasteiger partial charge is 0.374 e. The standard InChI is InChI=1S/C20H25N3O3/c21-14-20(7-1-2-8-20)19(24)23-11-12-25-17-4-3-16(23)18(17)26-13-15-5-9-22-10-6-15/h5-6,9-10,16-18H,1-4,7-8,11-13H2/t16-,17-,18-/m0/s1. The molecule has 3 atom stereocenters. The molecule has 0 aromatic carbocycles. The summed E-state index contributed by atoms with van der Waals surface area (Å²) >= 11 is 0. The van der Waals surface area contributed by atoms with E-state index in [2.05, 4.69) is 11.1 Å². The number of hydrogen-bond donors (Lipinski definition) is 0. The Hall–Kier alpha value is -1.97. The first kappa shape index (κ1) is 17.4. The van der Waals surface area contributed by atoms with Crippen LogP contribution in [0.2, 0.25) is 0 Å². The van der Waals surface area contributed by atoms with Gasteiger partial charge in [-0.1, -0.05) is 12.8 Å². The maximum Gasteiger partial charge on any atom is 0.243 e. The van der Waals surface area contributed by atoms with Crippen molar-refractivity contribution in [3.63, 3.8) is 0 Å². The van der Waals surface area contributed by atoms with Crippen LogP contribution in [0.3, 0.4) is 0 Å². The molecule has 26 heavy (non-hydrogen) atoms. The predicted molar refractivity (Wildman–Crippen MR) is 93.8 cm³/mol. The smallest absolute Gasteiger partial charge is 0.243 e. The second kappa shape index (κ2) is 7.34. The number of rotatable bonds is 4. The van der Waals surface area contributed by atoms with Gasteiger partial charge in [0.05, 0.1) is 31.4 Å². The lowest BCUT2D eigenvalue weighted by atomic mass is 9.85. The molecule has 2 heterocycles. The maximum absolute atomic E-state index is 13.3. The predicted octanol–water partition coefficient (Wildman–Crippen LogP) is 2.44. The molecule has 6 nitrogen and oxygen atoms in total. The molecule has 1 saturated heterocycles. The first-order valence-electron chi connectivity index (χ1n) is 9.58. The van der Waals surface area contributed by atoms with Crippen LogP contribution in [-0.4, -0.2) is 47.2 Å². The van der Waals surface area contributed by atoms with Gasteiger partial charge in [0.2, 0.25) is 5.91 Å². The van der Waals surface area contributed by atoms with Gasteiger partial charge < -0.3 is 14.4 Å². The van der Waals surface area contributed by atoms with Crippen LogP contribution in [0.15, 0.2) is 24.5 Å². The number of nitriles is 1. The van der Waals surface area contributed by atoms with E-state index in [1.54, 1.807) is 12.4 Å². The fourth-order valence-corrected chi connectivity index (χ4v) is 4.66. The Kier molecular flexibility index (Phi) is 4.92. The van der Waals surface area contributed by atoms with Gasteiger partial charge in [-0.05, 0) is 43.4 Å². The average Bonchev–Trinajstić information content (AvgIpc) is 3.26. The number of amides is 1. The van der Waals surface area contributed by atoms with Crippen LogP contribution in [0.1, 0.15) is 44.1 Å². The molecule has 0 N–H and O–H groups in total. The molecule has 2 bridgehead atoms. The molecule has 3 fully saturated rings. The third-order valence-electron chi connectivity index (χ3n) is 6.09. The second-order valence-corrected chi connectivity index (χ2v) is 7.58. The highest BCUT2D eigenvalue weighted by molar-refractivity contribution is 5.86. The Morgan fingerprint density at radius 1 is 1.35 bits per heavy atom. The van der Waals surface area contributed by atoms with Crippen LogP contribution < -0.4 is 0 Å². The summed E-state index contributed by atoms with van der Waals surface area (Å²) in [7, 11) is 0. The number of pyridine rings is 1. The van der Waals surface area contributed by atoms with E-state index in [-0.39, 0.29) is 24.2 Å². The first-order chi connectivity index (χ1) is 12.7. The van der Waals surface area contributed by atoms with E-state index in [0.29, 0.717) is 32.6 Å². The van der Waals surface area contributed by atoms with E-state index >= 15 is 0 Å². The number of fused-ring (bicyclic) bond motifs is 2. The normalized spacial score (nSPS) is 30.0. The van der Waals surface area contributed by atoms with Gasteiger partial charge in [-0.25, -0.2) is 0 Å². The van der Waals surface area contributed by atoms with E-state index < -0.39 is 5.41 Å². The Morgan fingerprint density at radius 3 is 2.85 bits per heavy atom. The number of aromatic nitrogens is 1. The molecular formula is C20H25N3O3. The van der Waals surface area contributed by atoms with Crippen molar-refractivity contribution in [3.05, 3.63) is 30.1 Å². The van der Waals surface area contributed by atoms with Crippen LogP contribution in [0, 0.1) is 16.7 Å². The van der Waals surface area contributed by atoms with E-state index in [4.69, 9.17) is 9.47 Å². The van der Waals surface area contributed by atoms with Crippen molar-refractivity contribution < 1.29 is 14.3 Å². The molecule has 4 rings (SSSR count). The van der Waals surface area contributed by atoms with Gasteiger partial charge >= 0.3 is 0 Å². The topological polar surface area (TPSA) is 75.5 Å². The first-order valence-corrected chi connectivity index (χ1v) is 9.58. The minimum Gasteiger partial charge on any atom is -0.374 e. The van der Waals surface area contributed by atoms with Crippen molar-refractivity contribution in [2.24, 2.45) is 5.41 Å². The van der Waals surface area contributed by atoms with Gasteiger partial charge in [-0.15, -0.1) is 0 Å². The summed E-state index contributed by atoms with van der Waals surface area (Å²) in [6, 6.07) is 6.22. The maximum atomic E-state index is 13.3. The van der Waals surface area contributed by atoms with Gasteiger partial charge in [0.1, 0.15) is 11.5 Å². The summed E-state index contributed by atoms with van der Waals surface area (Å²) in [6.45, 7) is 1.55. The van der Waals surface area contributed by atoms with Crippen molar-refractivity contribution in [2.75, 3.05) is 13.2 Å². The summed E-state index contributed by atoms with van der Waals surface area (Å²) in [4.78, 5) is 19.2. The molecule has 2 aliphatic carbocycles. The minimum absolute atomic E-state index is 0.00247. The van der Waals surface area contributed by atoms with E-state index in [0.717, 1.165) is 31.2 Å². The number of hydrogen-bond acceptors (Lipinski definition) is 5. The van der Waals surface area contributed by atoms with Gasteiger partial charge in [-0.3, -0.25) is 9.78 Å². The molecule has 138 valence electrons. The zero-order valence-electron chi connectivity index (χ0n) is 15.0. The SMILES string of the molecule is N#CC1(C(=O)N2CCO[C@H]3CC[C@H]2[C@@H]3OCc2ccncc2)CCCC1. The lowest BCUT2D eigenvalue weighted by Crippen LogP contribution is -2.51. The van der Waals surface area contributed by atoms with Gasteiger partial charge in [0, 0.05) is 18.9 Å². The van der Waals surface area contributed by atoms with E-state index in [1.165, 1.54) is 0 Å². The third kappa shape index (κ3) is 3.10. The molecular weight excluding hydrogens is 330 g/mol. The Labute approximate surface area is 154 Å². The Morgan fingerprint density at radius 2 is 2.12 bits per heavy atom. The third-order valence-corrected chi connectivity index (χ3v) is 6.09. The fourth-order valence-electron chi connectivity index (χ4n) is 4.66. The van der Waals surface area contributed by atoms with Crippen molar-refractivity contribution in [1.82, 2.24) is 9.88 Å². The number of carbonyl (C=O) groups excluding carboxylic acids is 1. The molecule has 0 radical (unpaired) electrons. The quantitative estimate of drug-likeness (QED) is 0.829. The zero-order chi connectivity index (χ0) is 18.0. The molecule has 2 saturated carbocycles. The molecule has 3 aliphatic rings. The number of nitrogens with zero attached hydrogens (tertiary/aromatic N) is 3. The molecule has 6 heteroatoms. The second-order valence-electron chi connectivity index (χ2n) is 7.58. The van der Waals surface area contributed by atoms with Crippen LogP contribution in [-0.2, 0) is 20.9 Å². The van der Waals surface area contributed by atoms with E-state index in [1.807, 2.05) is 17.0 Å². The van der Waals surface area contributed by atoms with Crippen LogP contribution in [0.25, 0.3) is 0 Å². The van der Waals surface area contributed by atoms with Gasteiger partial charge in [0.25, 0.3) is 0 Å². The number of carbonyl (C=O) groups is 1. The summed E-state index contributed by atoms with van der Waals surface area (Å²) in [5, 5.41) is 9.71. The summed E-state index contributed by atoms with van der Waals surface area (Å²) in [6.07, 6.45) is 8.45. The molecule has 1 amide bonds. The molecule has 0 unspecified atom stereocenters. The summed E-state index contributed by atoms with van der Waals surface area (Å²) in [5.74, 6) is -0.00818. The van der Waals surface area contributed by atoms with E-state index in [9.17, 15) is 10.1 Å². The molecule has 1 aromatic rings. The van der Waals surface area contributed by atoms with Crippen LogP contribution in [0.5, 0.6) is 0 Å². The van der Waals surface area contributed by atoms with Crippen molar-refractivity contribution in [3.8, 4) is 6.07 Å². The lowest BCUT2D eigenvalue weighted by Gasteiger charge is -2.35. The van der Waals surface area contributed by atoms with Crippen molar-refractivity contribution in [1.29, 1.82) is 5.26 Å². The monoisotopic (exact) mass is 355 g/mol. The highest BCUT2D eigenvalue weighted by Gasteiger charge is 2.50. The van der Waals surface area contributed by atoms with Crippen LogP contribution in [0.4, 0.5) is 0 Å². The zero-order valence-corrected chi connectivity index (χ0v) is 15.0.